The van der Waals surface area contributed by atoms with Crippen LogP contribution in [0.1, 0.15) is 30.6 Å². The van der Waals surface area contributed by atoms with Crippen molar-refractivity contribution in [3.8, 4) is 0 Å². The molecular formula is C20H27F4N3O4. The van der Waals surface area contributed by atoms with Crippen LogP contribution in [0.4, 0.5) is 17.6 Å². The number of benzene rings is 1. The molecular weight excluding hydrogens is 422 g/mol. The molecule has 31 heavy (non-hydrogen) atoms. The molecule has 0 unspecified atom stereocenters. The van der Waals surface area contributed by atoms with E-state index in [2.05, 4.69) is 5.32 Å². The number of hydrogen-bond acceptors (Lipinski definition) is 4. The first-order valence-corrected chi connectivity index (χ1v) is 9.75. The van der Waals surface area contributed by atoms with Crippen molar-refractivity contribution in [1.29, 1.82) is 0 Å². The Morgan fingerprint density at radius 2 is 1.77 bits per heavy atom. The standard InChI is InChI=1S/C18H26FN3O2.C2HF3O2/c1-14(2)13-22(18(24)15-4-3-5-16(19)12-15)9-6-17(23)21-10-7-20-8-11-21;3-2(4,5)1(6)7/h3-5,12,14,20H,6-11,13H2,1-2H3;(H,6,7). The molecule has 2 amide bonds. The zero-order chi connectivity index (χ0) is 23.6. The van der Waals surface area contributed by atoms with Crippen LogP contribution in [0.3, 0.4) is 0 Å². The molecule has 1 saturated heterocycles. The average Bonchev–Trinajstić information content (AvgIpc) is 2.70. The average molecular weight is 449 g/mol. The Morgan fingerprint density at radius 3 is 2.26 bits per heavy atom. The number of aliphatic carboxylic acids is 1. The Hall–Kier alpha value is -2.69. The highest BCUT2D eigenvalue weighted by Crippen LogP contribution is 2.13. The summed E-state index contributed by atoms with van der Waals surface area (Å²) in [6.07, 6.45) is -4.78. The number of hydrogen-bond donors (Lipinski definition) is 2. The third kappa shape index (κ3) is 9.77. The van der Waals surface area contributed by atoms with Crippen LogP contribution in [-0.4, -0.2) is 78.1 Å². The third-order valence-electron chi connectivity index (χ3n) is 4.25. The number of nitrogens with one attached hydrogen (secondary N) is 1. The lowest BCUT2D eigenvalue weighted by molar-refractivity contribution is -0.192. The molecule has 1 aromatic carbocycles. The number of carbonyl (C=O) groups is 3. The molecule has 174 valence electrons. The lowest BCUT2D eigenvalue weighted by Crippen LogP contribution is -2.47. The third-order valence-corrected chi connectivity index (χ3v) is 4.25. The van der Waals surface area contributed by atoms with Gasteiger partial charge in [-0.15, -0.1) is 0 Å². The van der Waals surface area contributed by atoms with Crippen molar-refractivity contribution in [2.45, 2.75) is 26.4 Å². The van der Waals surface area contributed by atoms with Crippen molar-refractivity contribution in [1.82, 2.24) is 15.1 Å². The Morgan fingerprint density at radius 1 is 1.19 bits per heavy atom. The molecule has 11 heteroatoms. The second-order valence-electron chi connectivity index (χ2n) is 7.34. The fourth-order valence-electron chi connectivity index (χ4n) is 2.82. The number of amides is 2. The van der Waals surface area contributed by atoms with Crippen molar-refractivity contribution in [3.63, 3.8) is 0 Å². The van der Waals surface area contributed by atoms with Gasteiger partial charge in [0.1, 0.15) is 5.82 Å². The van der Waals surface area contributed by atoms with Gasteiger partial charge in [0.2, 0.25) is 5.91 Å². The topological polar surface area (TPSA) is 90.0 Å². The predicted molar refractivity (Wildman–Crippen MR) is 105 cm³/mol. The molecule has 0 aliphatic carbocycles. The monoisotopic (exact) mass is 449 g/mol. The number of carbonyl (C=O) groups excluding carboxylic acids is 2. The number of rotatable bonds is 6. The van der Waals surface area contributed by atoms with Crippen LogP contribution >= 0.6 is 0 Å². The maximum absolute atomic E-state index is 13.4. The Bertz CT molecular complexity index is 750. The van der Waals surface area contributed by atoms with Gasteiger partial charge in [-0.1, -0.05) is 19.9 Å². The lowest BCUT2D eigenvalue weighted by atomic mass is 10.1. The summed E-state index contributed by atoms with van der Waals surface area (Å²) in [6.45, 7) is 7.98. The van der Waals surface area contributed by atoms with Gasteiger partial charge in [0.25, 0.3) is 5.91 Å². The highest BCUT2D eigenvalue weighted by atomic mass is 19.4. The summed E-state index contributed by atoms with van der Waals surface area (Å²) in [5.74, 6) is -3.07. The maximum atomic E-state index is 13.4. The first-order valence-electron chi connectivity index (χ1n) is 9.75. The second kappa shape index (κ2) is 12.2. The van der Waals surface area contributed by atoms with Gasteiger partial charge in [0.15, 0.2) is 0 Å². The van der Waals surface area contributed by atoms with Crippen molar-refractivity contribution >= 4 is 17.8 Å². The van der Waals surface area contributed by atoms with E-state index >= 15 is 0 Å². The van der Waals surface area contributed by atoms with Gasteiger partial charge in [-0.05, 0) is 24.1 Å². The number of halogens is 4. The van der Waals surface area contributed by atoms with E-state index in [1.807, 2.05) is 18.7 Å². The molecule has 2 N–H and O–H groups in total. The van der Waals surface area contributed by atoms with Crippen molar-refractivity contribution < 1.29 is 37.1 Å². The van der Waals surface area contributed by atoms with Gasteiger partial charge >= 0.3 is 12.1 Å². The molecule has 1 aliphatic heterocycles. The second-order valence-corrected chi connectivity index (χ2v) is 7.34. The smallest absolute Gasteiger partial charge is 0.475 e. The summed E-state index contributed by atoms with van der Waals surface area (Å²) in [6, 6.07) is 5.70. The number of carboxylic acid groups (broad SMARTS) is 1. The molecule has 1 fully saturated rings. The van der Waals surface area contributed by atoms with Crippen molar-refractivity contribution in [2.24, 2.45) is 5.92 Å². The summed E-state index contributed by atoms with van der Waals surface area (Å²) in [5.41, 5.74) is 0.324. The fraction of sp³-hybridized carbons (Fsp3) is 0.550. The Balaban J connectivity index is 0.000000592. The van der Waals surface area contributed by atoms with E-state index in [0.29, 0.717) is 38.2 Å². The molecule has 7 nitrogen and oxygen atoms in total. The van der Waals surface area contributed by atoms with Crippen LogP contribution in [0.15, 0.2) is 24.3 Å². The van der Waals surface area contributed by atoms with Gasteiger partial charge in [-0.25, -0.2) is 9.18 Å². The van der Waals surface area contributed by atoms with Gasteiger partial charge in [-0.2, -0.15) is 13.2 Å². The molecule has 0 spiro atoms. The van der Waals surface area contributed by atoms with Crippen molar-refractivity contribution in [2.75, 3.05) is 39.3 Å². The molecule has 0 aromatic heterocycles. The predicted octanol–water partition coefficient (Wildman–Crippen LogP) is 2.38. The van der Waals surface area contributed by atoms with Crippen LogP contribution < -0.4 is 5.32 Å². The minimum Gasteiger partial charge on any atom is -0.475 e. The SMILES string of the molecule is CC(C)CN(CCC(=O)N1CCNCC1)C(=O)c1cccc(F)c1.O=C(O)C(F)(F)F. The molecule has 1 aliphatic rings. The molecule has 1 aromatic rings. The van der Waals surface area contributed by atoms with E-state index < -0.39 is 18.0 Å². The zero-order valence-corrected chi connectivity index (χ0v) is 17.4. The number of nitrogens with zero attached hydrogens (tertiary/aromatic N) is 2. The van der Waals surface area contributed by atoms with E-state index in [1.54, 1.807) is 11.0 Å². The molecule has 0 saturated carbocycles. The van der Waals surface area contributed by atoms with Gasteiger partial charge in [0.05, 0.1) is 0 Å². The van der Waals surface area contributed by atoms with Gasteiger partial charge in [0, 0.05) is 51.3 Å². The Labute approximate surface area is 178 Å². The number of alkyl halides is 3. The normalized spacial score (nSPS) is 14.0. The lowest BCUT2D eigenvalue weighted by Gasteiger charge is -2.29. The first-order chi connectivity index (χ1) is 14.4. The van der Waals surface area contributed by atoms with Crippen molar-refractivity contribution in [3.05, 3.63) is 35.6 Å². The van der Waals surface area contributed by atoms with Crippen LogP contribution in [0.5, 0.6) is 0 Å². The quantitative estimate of drug-likeness (QED) is 0.651. The summed E-state index contributed by atoms with van der Waals surface area (Å²) >= 11 is 0. The molecule has 0 radical (unpaired) electrons. The van der Waals surface area contributed by atoms with Crippen LogP contribution in [0.2, 0.25) is 0 Å². The summed E-state index contributed by atoms with van der Waals surface area (Å²) in [4.78, 5) is 37.3. The molecule has 2 rings (SSSR count). The first kappa shape index (κ1) is 26.3. The highest BCUT2D eigenvalue weighted by Gasteiger charge is 2.38. The molecule has 0 bridgehead atoms. The van der Waals surface area contributed by atoms with E-state index in [4.69, 9.17) is 9.90 Å². The summed E-state index contributed by atoms with van der Waals surface area (Å²) in [7, 11) is 0. The number of piperazine rings is 1. The van der Waals surface area contributed by atoms with E-state index in [0.717, 1.165) is 13.1 Å². The number of carboxylic acids is 1. The fourth-order valence-corrected chi connectivity index (χ4v) is 2.82. The van der Waals surface area contributed by atoms with Gasteiger partial charge in [-0.3, -0.25) is 9.59 Å². The molecule has 0 atom stereocenters. The molecule has 1 heterocycles. The highest BCUT2D eigenvalue weighted by molar-refractivity contribution is 5.94. The van der Waals surface area contributed by atoms with E-state index in [9.17, 15) is 27.2 Å². The van der Waals surface area contributed by atoms with Gasteiger partial charge < -0.3 is 20.2 Å². The van der Waals surface area contributed by atoms with E-state index in [1.165, 1.54) is 18.2 Å². The zero-order valence-electron chi connectivity index (χ0n) is 17.4. The van der Waals surface area contributed by atoms with E-state index in [-0.39, 0.29) is 17.7 Å². The summed E-state index contributed by atoms with van der Waals surface area (Å²) < 4.78 is 45.1. The summed E-state index contributed by atoms with van der Waals surface area (Å²) in [5, 5.41) is 10.3. The van der Waals surface area contributed by atoms with Crippen LogP contribution in [0, 0.1) is 11.7 Å². The largest absolute Gasteiger partial charge is 0.490 e. The minimum absolute atomic E-state index is 0.0669. The Kier molecular flexibility index (Phi) is 10.4. The van der Waals surface area contributed by atoms with Crippen LogP contribution in [-0.2, 0) is 9.59 Å². The minimum atomic E-state index is -5.08. The maximum Gasteiger partial charge on any atom is 0.490 e. The van der Waals surface area contributed by atoms with Crippen LogP contribution in [0.25, 0.3) is 0 Å².